The van der Waals surface area contributed by atoms with E-state index in [1.807, 2.05) is 55.5 Å². The van der Waals surface area contributed by atoms with Crippen molar-refractivity contribution in [2.75, 3.05) is 5.43 Å². The van der Waals surface area contributed by atoms with Crippen LogP contribution >= 0.6 is 11.6 Å². The van der Waals surface area contributed by atoms with E-state index in [9.17, 15) is 4.79 Å². The van der Waals surface area contributed by atoms with E-state index in [2.05, 4.69) is 20.4 Å². The highest BCUT2D eigenvalue weighted by molar-refractivity contribution is 6.30. The number of aromatic nitrogens is 2. The molecule has 4 rings (SSSR count). The zero-order valence-electron chi connectivity index (χ0n) is 14.6. The minimum absolute atomic E-state index is 0.246. The average Bonchev–Trinajstić information content (AvgIpc) is 3.01. The van der Waals surface area contributed by atoms with Crippen molar-refractivity contribution in [2.45, 2.75) is 6.92 Å². The third kappa shape index (κ3) is 3.50. The summed E-state index contributed by atoms with van der Waals surface area (Å²) < 4.78 is 2.07. The summed E-state index contributed by atoms with van der Waals surface area (Å²) in [6.45, 7) is 1.95. The van der Waals surface area contributed by atoms with Gasteiger partial charge in [0.2, 0.25) is 0 Å². The van der Waals surface area contributed by atoms with E-state index in [1.165, 1.54) is 0 Å². The van der Waals surface area contributed by atoms with E-state index in [0.29, 0.717) is 16.3 Å². The largest absolute Gasteiger partial charge is 0.298 e. The number of nitrogens with zero attached hydrogens (tertiary/aromatic N) is 2. The number of rotatable bonds is 4. The molecule has 1 heterocycles. The topological polar surface area (TPSA) is 59.0 Å². The Morgan fingerprint density at radius 2 is 1.81 bits per heavy atom. The molecule has 0 aliphatic rings. The number of amides is 1. The molecule has 6 heteroatoms. The molecule has 0 bridgehead atoms. The van der Waals surface area contributed by atoms with Crippen molar-refractivity contribution in [1.29, 1.82) is 0 Å². The van der Waals surface area contributed by atoms with Crippen LogP contribution in [-0.4, -0.2) is 15.5 Å². The van der Waals surface area contributed by atoms with E-state index in [-0.39, 0.29) is 5.91 Å². The second-order valence-corrected chi connectivity index (χ2v) is 6.56. The van der Waals surface area contributed by atoms with Crippen molar-refractivity contribution in [3.05, 3.63) is 89.2 Å². The van der Waals surface area contributed by atoms with Crippen molar-refractivity contribution in [3.8, 4) is 5.69 Å². The molecule has 0 spiro atoms. The van der Waals surface area contributed by atoms with E-state index in [1.54, 1.807) is 24.3 Å². The highest BCUT2D eigenvalue weighted by Crippen LogP contribution is 2.22. The molecule has 0 aliphatic heterocycles. The van der Waals surface area contributed by atoms with Crippen molar-refractivity contribution >= 4 is 34.2 Å². The summed E-state index contributed by atoms with van der Waals surface area (Å²) in [6, 6.07) is 22.6. The predicted octanol–water partition coefficient (Wildman–Crippen LogP) is 4.74. The first-order valence-electron chi connectivity index (χ1n) is 8.48. The molecule has 0 radical (unpaired) electrons. The zero-order chi connectivity index (χ0) is 18.8. The maximum absolute atomic E-state index is 12.5. The van der Waals surface area contributed by atoms with E-state index in [0.717, 1.165) is 22.5 Å². The number of benzene rings is 3. The van der Waals surface area contributed by atoms with Crippen LogP contribution in [0.5, 0.6) is 0 Å². The molecule has 134 valence electrons. The summed E-state index contributed by atoms with van der Waals surface area (Å²) in [4.78, 5) is 17.1. The molecule has 0 saturated heterocycles. The van der Waals surface area contributed by atoms with Gasteiger partial charge in [-0.3, -0.25) is 20.2 Å². The molecule has 0 unspecified atom stereocenters. The number of imidazole rings is 1. The summed E-state index contributed by atoms with van der Waals surface area (Å²) >= 11 is 5.95. The number of carbonyl (C=O) groups excluding carboxylic acids is 1. The Kier molecular flexibility index (Phi) is 4.52. The summed E-state index contributed by atoms with van der Waals surface area (Å²) in [5.74, 6) is 0.620. The average molecular weight is 377 g/mol. The van der Waals surface area contributed by atoms with Crippen LogP contribution in [0.4, 0.5) is 5.69 Å². The fraction of sp³-hybridized carbons (Fsp3) is 0.0476. The molecule has 0 fully saturated rings. The summed E-state index contributed by atoms with van der Waals surface area (Å²) in [6.07, 6.45) is 0. The monoisotopic (exact) mass is 376 g/mol. The first-order chi connectivity index (χ1) is 13.1. The van der Waals surface area contributed by atoms with Crippen LogP contribution in [0.3, 0.4) is 0 Å². The molecule has 27 heavy (non-hydrogen) atoms. The second-order valence-electron chi connectivity index (χ2n) is 6.12. The number of halogens is 1. The Morgan fingerprint density at radius 3 is 2.59 bits per heavy atom. The van der Waals surface area contributed by atoms with Crippen LogP contribution in [0.1, 0.15) is 16.2 Å². The number of hydrogen-bond acceptors (Lipinski definition) is 3. The summed E-state index contributed by atoms with van der Waals surface area (Å²) in [5.41, 5.74) is 9.54. The Morgan fingerprint density at radius 1 is 1.00 bits per heavy atom. The van der Waals surface area contributed by atoms with Gasteiger partial charge in [-0.15, -0.1) is 0 Å². The SMILES string of the molecule is Cc1nc2cc(C(=O)NNc3cccc(Cl)c3)ccc2n1-c1ccccc1. The normalized spacial score (nSPS) is 10.7. The van der Waals surface area contributed by atoms with Gasteiger partial charge in [-0.25, -0.2) is 4.98 Å². The minimum atomic E-state index is -0.246. The first kappa shape index (κ1) is 17.1. The van der Waals surface area contributed by atoms with Crippen LogP contribution in [0.25, 0.3) is 16.7 Å². The van der Waals surface area contributed by atoms with Gasteiger partial charge in [0.1, 0.15) is 5.82 Å². The number of hydrogen-bond donors (Lipinski definition) is 2. The molecule has 3 aromatic carbocycles. The second kappa shape index (κ2) is 7.13. The van der Waals surface area contributed by atoms with Crippen LogP contribution in [0.2, 0.25) is 5.02 Å². The molecule has 2 N–H and O–H groups in total. The highest BCUT2D eigenvalue weighted by Gasteiger charge is 2.12. The van der Waals surface area contributed by atoms with Gasteiger partial charge in [-0.2, -0.15) is 0 Å². The van der Waals surface area contributed by atoms with Gasteiger partial charge in [0.05, 0.1) is 16.7 Å². The smallest absolute Gasteiger partial charge is 0.269 e. The van der Waals surface area contributed by atoms with Crippen LogP contribution in [0.15, 0.2) is 72.8 Å². The third-order valence-corrected chi connectivity index (χ3v) is 4.48. The Hall–Kier alpha value is -3.31. The Bertz CT molecular complexity index is 1120. The quantitative estimate of drug-likeness (QED) is 0.505. The fourth-order valence-corrected chi connectivity index (χ4v) is 3.20. The van der Waals surface area contributed by atoms with E-state index in [4.69, 9.17) is 11.6 Å². The van der Waals surface area contributed by atoms with Crippen molar-refractivity contribution in [1.82, 2.24) is 15.0 Å². The van der Waals surface area contributed by atoms with Crippen molar-refractivity contribution in [2.24, 2.45) is 0 Å². The maximum atomic E-state index is 12.5. The summed E-state index contributed by atoms with van der Waals surface area (Å²) in [5, 5.41) is 0.595. The molecular formula is C21H17ClN4O. The lowest BCUT2D eigenvalue weighted by Crippen LogP contribution is -2.29. The van der Waals surface area contributed by atoms with Gasteiger partial charge in [0.25, 0.3) is 5.91 Å². The molecule has 4 aromatic rings. The fourth-order valence-electron chi connectivity index (χ4n) is 3.01. The van der Waals surface area contributed by atoms with Gasteiger partial charge in [-0.1, -0.05) is 35.9 Å². The number of anilines is 1. The predicted molar refractivity (Wildman–Crippen MR) is 108 cm³/mol. The van der Waals surface area contributed by atoms with Gasteiger partial charge < -0.3 is 0 Å². The number of carbonyl (C=O) groups is 1. The Balaban J connectivity index is 1.59. The lowest BCUT2D eigenvalue weighted by Gasteiger charge is -2.09. The number of para-hydroxylation sites is 1. The molecule has 1 aromatic heterocycles. The number of fused-ring (bicyclic) bond motifs is 1. The standard InChI is InChI=1S/C21H17ClN4O/c1-14-23-19-12-15(21(27)25-24-17-7-5-6-16(22)13-17)10-11-20(19)26(14)18-8-3-2-4-9-18/h2-13,24H,1H3,(H,25,27). The van der Waals surface area contributed by atoms with Gasteiger partial charge in [0.15, 0.2) is 0 Å². The number of nitrogens with one attached hydrogen (secondary N) is 2. The number of aryl methyl sites for hydroxylation is 1. The lowest BCUT2D eigenvalue weighted by molar-refractivity contribution is 0.0963. The van der Waals surface area contributed by atoms with Gasteiger partial charge in [-0.05, 0) is 55.5 Å². The van der Waals surface area contributed by atoms with Crippen molar-refractivity contribution in [3.63, 3.8) is 0 Å². The minimum Gasteiger partial charge on any atom is -0.298 e. The Labute approximate surface area is 161 Å². The lowest BCUT2D eigenvalue weighted by atomic mass is 10.2. The van der Waals surface area contributed by atoms with Gasteiger partial charge in [0, 0.05) is 16.3 Å². The summed E-state index contributed by atoms with van der Waals surface area (Å²) in [7, 11) is 0. The van der Waals surface area contributed by atoms with Crippen LogP contribution in [0, 0.1) is 6.92 Å². The van der Waals surface area contributed by atoms with Crippen LogP contribution in [-0.2, 0) is 0 Å². The first-order valence-corrected chi connectivity index (χ1v) is 8.86. The molecule has 5 nitrogen and oxygen atoms in total. The zero-order valence-corrected chi connectivity index (χ0v) is 15.4. The van der Waals surface area contributed by atoms with Crippen LogP contribution < -0.4 is 10.9 Å². The van der Waals surface area contributed by atoms with E-state index < -0.39 is 0 Å². The highest BCUT2D eigenvalue weighted by atomic mass is 35.5. The van der Waals surface area contributed by atoms with Gasteiger partial charge >= 0.3 is 0 Å². The molecule has 1 amide bonds. The molecule has 0 atom stereocenters. The van der Waals surface area contributed by atoms with Crippen molar-refractivity contribution < 1.29 is 4.79 Å². The number of hydrazine groups is 1. The molecule has 0 saturated carbocycles. The third-order valence-electron chi connectivity index (χ3n) is 4.24. The van der Waals surface area contributed by atoms with E-state index >= 15 is 0 Å². The maximum Gasteiger partial charge on any atom is 0.269 e. The molecular weight excluding hydrogens is 360 g/mol. The molecule has 0 aliphatic carbocycles.